The van der Waals surface area contributed by atoms with Crippen LogP contribution in [-0.2, 0) is 22.5 Å². The van der Waals surface area contributed by atoms with Gasteiger partial charge in [0, 0.05) is 29.9 Å². The maximum absolute atomic E-state index is 11.6. The summed E-state index contributed by atoms with van der Waals surface area (Å²) >= 11 is 1.49. The van der Waals surface area contributed by atoms with Crippen molar-refractivity contribution < 1.29 is 9.63 Å². The molecular formula is C25H24N6O2S. The first-order valence-electron chi connectivity index (χ1n) is 11.0. The second kappa shape index (κ2) is 8.83. The summed E-state index contributed by atoms with van der Waals surface area (Å²) in [5, 5.41) is 12.5. The number of hydrogen-bond donors (Lipinski definition) is 1. The molecule has 9 heteroatoms. The Morgan fingerprint density at radius 3 is 2.62 bits per heavy atom. The molecular weight excluding hydrogens is 448 g/mol. The third-order valence-electron chi connectivity index (χ3n) is 5.73. The first-order chi connectivity index (χ1) is 16.4. The highest BCUT2D eigenvalue weighted by Gasteiger charge is 2.30. The summed E-state index contributed by atoms with van der Waals surface area (Å²) in [6.45, 7) is 5.38. The molecule has 34 heavy (non-hydrogen) atoms. The van der Waals surface area contributed by atoms with Crippen LogP contribution in [0.25, 0.3) is 27.5 Å². The zero-order valence-electron chi connectivity index (χ0n) is 19.4. The van der Waals surface area contributed by atoms with Gasteiger partial charge in [-0.1, -0.05) is 28.6 Å². The van der Waals surface area contributed by atoms with Crippen molar-refractivity contribution in [1.29, 1.82) is 0 Å². The van der Waals surface area contributed by atoms with Crippen molar-refractivity contribution in [3.63, 3.8) is 0 Å². The molecule has 1 aromatic carbocycles. The first-order valence-corrected chi connectivity index (χ1v) is 11.8. The highest BCUT2D eigenvalue weighted by Crippen LogP contribution is 2.44. The monoisotopic (exact) mass is 472 g/mol. The van der Waals surface area contributed by atoms with Crippen LogP contribution in [0.4, 0.5) is 5.13 Å². The number of fused-ring (bicyclic) bond motifs is 3. The molecule has 8 nitrogen and oxygen atoms in total. The van der Waals surface area contributed by atoms with Gasteiger partial charge < -0.3 is 10.2 Å². The molecule has 0 atom stereocenters. The molecule has 1 N–H and O–H groups in total. The number of carbonyl (C=O) groups is 1. The van der Waals surface area contributed by atoms with E-state index in [1.54, 1.807) is 0 Å². The van der Waals surface area contributed by atoms with Gasteiger partial charge in [0.15, 0.2) is 5.13 Å². The normalized spacial score (nSPS) is 12.8. The van der Waals surface area contributed by atoms with Gasteiger partial charge in [0.05, 0.1) is 33.4 Å². The highest BCUT2D eigenvalue weighted by molar-refractivity contribution is 7.19. The van der Waals surface area contributed by atoms with Crippen molar-refractivity contribution in [2.75, 3.05) is 12.4 Å². The van der Waals surface area contributed by atoms with Crippen LogP contribution >= 0.6 is 11.3 Å². The van der Waals surface area contributed by atoms with Crippen LogP contribution < -0.4 is 5.32 Å². The molecule has 5 rings (SSSR count). The van der Waals surface area contributed by atoms with E-state index < -0.39 is 0 Å². The smallest absolute Gasteiger partial charge is 0.223 e. The van der Waals surface area contributed by atoms with Crippen LogP contribution in [0.1, 0.15) is 36.4 Å². The van der Waals surface area contributed by atoms with Crippen molar-refractivity contribution in [2.45, 2.75) is 33.6 Å². The molecule has 0 aliphatic heterocycles. The fraction of sp³-hybridized carbons (Fsp3) is 0.240. The number of aryl methyl sites for hydroxylation is 2. The van der Waals surface area contributed by atoms with Crippen molar-refractivity contribution in [3.05, 3.63) is 65.1 Å². The minimum atomic E-state index is -0.130. The lowest BCUT2D eigenvalue weighted by molar-refractivity contribution is -0.114. The number of anilines is 1. The largest absolute Gasteiger partial charge is 0.399 e. The van der Waals surface area contributed by atoms with E-state index in [-0.39, 0.29) is 5.91 Å². The molecule has 0 fully saturated rings. The lowest BCUT2D eigenvalue weighted by atomic mass is 9.95. The Bertz CT molecular complexity index is 1400. The van der Waals surface area contributed by atoms with Gasteiger partial charge in [0.1, 0.15) is 7.11 Å². The number of rotatable bonds is 5. The van der Waals surface area contributed by atoms with Gasteiger partial charge in [-0.05, 0) is 56.5 Å². The van der Waals surface area contributed by atoms with Crippen LogP contribution in [0, 0.1) is 6.92 Å². The Kier molecular flexibility index (Phi) is 5.70. The molecule has 172 valence electrons. The minimum absolute atomic E-state index is 0.130. The van der Waals surface area contributed by atoms with Crippen LogP contribution in [-0.4, -0.2) is 38.5 Å². The summed E-state index contributed by atoms with van der Waals surface area (Å²) in [5.41, 5.74) is 8.73. The van der Waals surface area contributed by atoms with E-state index in [2.05, 4.69) is 26.5 Å². The quantitative estimate of drug-likeness (QED) is 0.333. The topological polar surface area (TPSA) is 94.3 Å². The van der Waals surface area contributed by atoms with Crippen LogP contribution in [0.2, 0.25) is 0 Å². The van der Waals surface area contributed by atoms with Crippen molar-refractivity contribution in [1.82, 2.24) is 19.7 Å². The Labute approximate surface area is 201 Å². The summed E-state index contributed by atoms with van der Waals surface area (Å²) in [5.74, 6) is -0.130. The van der Waals surface area contributed by atoms with Gasteiger partial charge in [0.25, 0.3) is 0 Å². The third-order valence-corrected chi connectivity index (χ3v) is 6.75. The van der Waals surface area contributed by atoms with Crippen molar-refractivity contribution >= 4 is 28.1 Å². The number of nitrogens with zero attached hydrogens (tertiary/aromatic N) is 5. The second-order valence-corrected chi connectivity index (χ2v) is 9.16. The van der Waals surface area contributed by atoms with Crippen molar-refractivity contribution in [2.24, 2.45) is 5.16 Å². The molecule has 3 aromatic heterocycles. The highest BCUT2D eigenvalue weighted by atomic mass is 32.1. The molecule has 0 saturated heterocycles. The Morgan fingerprint density at radius 1 is 1.15 bits per heavy atom. The van der Waals surface area contributed by atoms with E-state index in [0.717, 1.165) is 68.6 Å². The molecule has 0 saturated carbocycles. The average molecular weight is 473 g/mol. The van der Waals surface area contributed by atoms with E-state index in [0.29, 0.717) is 5.13 Å². The fourth-order valence-corrected chi connectivity index (χ4v) is 5.25. The maximum atomic E-state index is 11.6. The third kappa shape index (κ3) is 3.99. The lowest BCUT2D eigenvalue weighted by Gasteiger charge is -2.14. The molecule has 0 radical (unpaired) electrons. The van der Waals surface area contributed by atoms with E-state index in [1.807, 2.05) is 55.1 Å². The number of amides is 1. The lowest BCUT2D eigenvalue weighted by Crippen LogP contribution is -2.07. The standard InChI is InChI=1S/C25H24N6O2S/c1-14-5-6-18(13-26-14)22-20-11-12-21-24(34-25(28-21)27-16(3)32)23(20)31(29-22)19-9-7-17(8-10-19)15(2)30-33-4/h5-10,13H,11-12H2,1-4H3,(H,27,28,32). The van der Waals surface area contributed by atoms with Gasteiger partial charge in [-0.3, -0.25) is 9.78 Å². The van der Waals surface area contributed by atoms with Gasteiger partial charge in [-0.25, -0.2) is 9.67 Å². The Morgan fingerprint density at radius 2 is 1.94 bits per heavy atom. The van der Waals surface area contributed by atoms with E-state index in [9.17, 15) is 4.79 Å². The van der Waals surface area contributed by atoms with Gasteiger partial charge in [0.2, 0.25) is 5.91 Å². The summed E-state index contributed by atoms with van der Waals surface area (Å²) in [6.07, 6.45) is 3.48. The van der Waals surface area contributed by atoms with E-state index >= 15 is 0 Å². The molecule has 1 aliphatic carbocycles. The van der Waals surface area contributed by atoms with Crippen molar-refractivity contribution in [3.8, 4) is 27.5 Å². The Hall–Kier alpha value is -3.85. The number of oxime groups is 1. The van der Waals surface area contributed by atoms with E-state index in [4.69, 9.17) is 9.94 Å². The first kappa shape index (κ1) is 22.0. The Balaban J connectivity index is 1.67. The summed E-state index contributed by atoms with van der Waals surface area (Å²) in [4.78, 5) is 26.7. The van der Waals surface area contributed by atoms with Gasteiger partial charge in [-0.2, -0.15) is 5.10 Å². The van der Waals surface area contributed by atoms with E-state index in [1.165, 1.54) is 25.4 Å². The summed E-state index contributed by atoms with van der Waals surface area (Å²) in [6, 6.07) is 12.1. The number of aromatic nitrogens is 4. The number of pyridine rings is 1. The second-order valence-electron chi connectivity index (χ2n) is 8.16. The number of carbonyl (C=O) groups excluding carboxylic acids is 1. The molecule has 4 aromatic rings. The predicted molar refractivity (Wildman–Crippen MR) is 134 cm³/mol. The molecule has 1 aliphatic rings. The maximum Gasteiger partial charge on any atom is 0.223 e. The summed E-state index contributed by atoms with van der Waals surface area (Å²) < 4.78 is 1.98. The average Bonchev–Trinajstić information content (AvgIpc) is 3.40. The minimum Gasteiger partial charge on any atom is -0.399 e. The fourth-order valence-electron chi connectivity index (χ4n) is 4.13. The zero-order valence-corrected chi connectivity index (χ0v) is 20.2. The molecule has 0 bridgehead atoms. The molecule has 0 unspecified atom stereocenters. The number of benzene rings is 1. The van der Waals surface area contributed by atoms with Crippen LogP contribution in [0.5, 0.6) is 0 Å². The predicted octanol–water partition coefficient (Wildman–Crippen LogP) is 4.79. The molecule has 1 amide bonds. The zero-order chi connectivity index (χ0) is 23.8. The van der Waals surface area contributed by atoms with Gasteiger partial charge >= 0.3 is 0 Å². The number of hydrogen-bond acceptors (Lipinski definition) is 7. The number of thiazole rings is 1. The molecule has 0 spiro atoms. The van der Waals surface area contributed by atoms with Gasteiger partial charge in [-0.15, -0.1) is 0 Å². The molecule has 3 heterocycles. The van der Waals surface area contributed by atoms with Crippen LogP contribution in [0.3, 0.4) is 0 Å². The SMILES string of the molecule is CON=C(C)c1ccc(-n2nc(-c3ccc(C)nc3)c3c2-c2sc(NC(C)=O)nc2CC3)cc1. The number of nitrogens with one attached hydrogen (secondary N) is 1. The van der Waals surface area contributed by atoms with Crippen LogP contribution in [0.15, 0.2) is 47.8 Å². The summed E-state index contributed by atoms with van der Waals surface area (Å²) in [7, 11) is 1.54.